The molecule has 1 aromatic rings. The molecule has 0 radical (unpaired) electrons. The molecule has 1 aromatic heterocycles. The summed E-state index contributed by atoms with van der Waals surface area (Å²) >= 11 is 0. The van der Waals surface area contributed by atoms with Gasteiger partial charge in [-0.2, -0.15) is 0 Å². The maximum absolute atomic E-state index is 12.2. The van der Waals surface area contributed by atoms with E-state index in [0.29, 0.717) is 11.8 Å². The first kappa shape index (κ1) is 20.3. The van der Waals surface area contributed by atoms with Crippen LogP contribution in [-0.4, -0.2) is 23.8 Å². The second-order valence-corrected chi connectivity index (χ2v) is 10.2. The number of carbonyl (C=O) groups is 2. The summed E-state index contributed by atoms with van der Waals surface area (Å²) in [6.07, 6.45) is 8.29. The maximum atomic E-state index is 12.2. The first-order valence-corrected chi connectivity index (χ1v) is 11.2. The molecule has 4 aliphatic rings. The Morgan fingerprint density at radius 2 is 2.06 bits per heavy atom. The lowest BCUT2D eigenvalue weighted by molar-refractivity contribution is -0.141. The van der Waals surface area contributed by atoms with Crippen molar-refractivity contribution in [2.24, 2.45) is 27.8 Å². The summed E-state index contributed by atoms with van der Waals surface area (Å²) in [5.41, 5.74) is 4.14. The number of furan rings is 1. The van der Waals surface area contributed by atoms with Crippen LogP contribution >= 0.6 is 0 Å². The Labute approximate surface area is 182 Å². The molecule has 0 unspecified atom stereocenters. The fourth-order valence-corrected chi connectivity index (χ4v) is 6.65. The van der Waals surface area contributed by atoms with Crippen molar-refractivity contribution in [1.82, 2.24) is 0 Å². The van der Waals surface area contributed by atoms with Gasteiger partial charge >= 0.3 is 11.9 Å². The Bertz CT molecular complexity index is 1030. The maximum Gasteiger partial charge on any atom is 0.400 e. The van der Waals surface area contributed by atoms with Gasteiger partial charge in [0, 0.05) is 16.6 Å². The summed E-state index contributed by atoms with van der Waals surface area (Å²) in [6.45, 7) is 8.70. The molecule has 0 N–H and O–H groups in total. The van der Waals surface area contributed by atoms with E-state index in [0.717, 1.165) is 49.0 Å². The van der Waals surface area contributed by atoms with E-state index >= 15 is 0 Å². The van der Waals surface area contributed by atoms with Crippen LogP contribution in [0.4, 0.5) is 0 Å². The van der Waals surface area contributed by atoms with Gasteiger partial charge in [0.25, 0.3) is 0 Å². The lowest BCUT2D eigenvalue weighted by Crippen LogP contribution is -2.54. The third-order valence-corrected chi connectivity index (χ3v) is 8.36. The Morgan fingerprint density at radius 1 is 1.26 bits per heavy atom. The summed E-state index contributed by atoms with van der Waals surface area (Å²) in [4.78, 5) is 29.5. The molecule has 0 aromatic carbocycles. The van der Waals surface area contributed by atoms with Gasteiger partial charge < -0.3 is 14.0 Å². The van der Waals surface area contributed by atoms with Crippen LogP contribution < -0.4 is 0 Å². The number of fused-ring (bicyclic) bond motifs is 4. The molecule has 6 heteroatoms. The van der Waals surface area contributed by atoms with E-state index in [4.69, 9.17) is 14.0 Å². The van der Waals surface area contributed by atoms with Crippen LogP contribution in [0.1, 0.15) is 70.4 Å². The molecule has 5 rings (SSSR count). The third kappa shape index (κ3) is 3.02. The second-order valence-electron chi connectivity index (χ2n) is 10.2. The zero-order valence-electron chi connectivity index (χ0n) is 18.6. The van der Waals surface area contributed by atoms with Crippen LogP contribution in [0, 0.1) is 22.7 Å². The summed E-state index contributed by atoms with van der Waals surface area (Å²) in [7, 11) is 0. The summed E-state index contributed by atoms with van der Waals surface area (Å²) in [6, 6.07) is 3.23. The van der Waals surface area contributed by atoms with Crippen LogP contribution in [0.5, 0.6) is 0 Å². The molecule has 164 valence electrons. The molecule has 0 bridgehead atoms. The van der Waals surface area contributed by atoms with Crippen LogP contribution in [0.2, 0.25) is 0 Å². The zero-order valence-corrected chi connectivity index (χ0v) is 18.6. The molecule has 1 aliphatic heterocycles. The second kappa shape index (κ2) is 6.94. The Morgan fingerprint density at radius 3 is 2.81 bits per heavy atom. The van der Waals surface area contributed by atoms with Crippen molar-refractivity contribution in [3.63, 3.8) is 0 Å². The van der Waals surface area contributed by atoms with Crippen LogP contribution in [0.15, 0.2) is 50.8 Å². The van der Waals surface area contributed by atoms with Crippen molar-refractivity contribution < 1.29 is 23.6 Å². The highest BCUT2D eigenvalue weighted by molar-refractivity contribution is 5.93. The molecule has 2 heterocycles. The van der Waals surface area contributed by atoms with Crippen molar-refractivity contribution in [2.45, 2.75) is 65.9 Å². The van der Waals surface area contributed by atoms with Gasteiger partial charge in [-0.15, -0.1) is 0 Å². The number of allylic oxidation sites excluding steroid dienone is 1. The van der Waals surface area contributed by atoms with Crippen LogP contribution in [0.25, 0.3) is 0 Å². The number of oxime groups is 1. The topological polar surface area (TPSA) is 78.1 Å². The highest BCUT2D eigenvalue weighted by Gasteiger charge is 2.57. The Balaban J connectivity index is 1.40. The van der Waals surface area contributed by atoms with Crippen LogP contribution in [0.3, 0.4) is 0 Å². The molecule has 2 fully saturated rings. The first-order chi connectivity index (χ1) is 14.7. The minimum absolute atomic E-state index is 0.0893. The average Bonchev–Trinajstić information content (AvgIpc) is 3.35. The van der Waals surface area contributed by atoms with E-state index in [2.05, 4.69) is 32.0 Å². The third-order valence-electron chi connectivity index (χ3n) is 8.36. The molecular formula is C25H29NO5. The lowest BCUT2D eigenvalue weighted by Gasteiger charge is -2.59. The van der Waals surface area contributed by atoms with Gasteiger partial charge in [-0.05, 0) is 68.4 Å². The fraction of sp³-hybridized carbons (Fsp3) is 0.560. The highest BCUT2D eigenvalue weighted by Crippen LogP contribution is 2.62. The van der Waals surface area contributed by atoms with Crippen LogP contribution in [-0.2, 0) is 14.4 Å². The molecule has 2 saturated carbocycles. The number of hydrogen-bond donors (Lipinski definition) is 0. The molecule has 0 spiro atoms. The van der Waals surface area contributed by atoms with Gasteiger partial charge in [0.1, 0.15) is 6.10 Å². The van der Waals surface area contributed by atoms with Gasteiger partial charge in [-0.25, -0.2) is 9.59 Å². The van der Waals surface area contributed by atoms with E-state index in [-0.39, 0.29) is 28.7 Å². The summed E-state index contributed by atoms with van der Waals surface area (Å²) in [5, 5.41) is 4.31. The van der Waals surface area contributed by atoms with Gasteiger partial charge in [0.15, 0.2) is 0 Å². The fourth-order valence-electron chi connectivity index (χ4n) is 6.65. The highest BCUT2D eigenvalue weighted by atomic mass is 16.7. The van der Waals surface area contributed by atoms with E-state index in [9.17, 15) is 9.59 Å². The van der Waals surface area contributed by atoms with Gasteiger partial charge in [-0.1, -0.05) is 37.6 Å². The number of rotatable bonds is 2. The van der Waals surface area contributed by atoms with E-state index in [1.54, 1.807) is 12.1 Å². The number of esters is 1. The van der Waals surface area contributed by atoms with Crippen molar-refractivity contribution >= 4 is 17.7 Å². The SMILES string of the molecule is CC1=C2C=C3CC[C@@H]4C(C)(C)/C(=N/OC(=O)c5ccco5)CC[C@@]4(C)[C@@H]3C[C@H]2OC1=O. The molecule has 31 heavy (non-hydrogen) atoms. The van der Waals surface area contributed by atoms with E-state index in [1.165, 1.54) is 11.8 Å². The van der Waals surface area contributed by atoms with Crippen molar-refractivity contribution in [3.05, 3.63) is 47.0 Å². The minimum atomic E-state index is -0.569. The minimum Gasteiger partial charge on any atom is -0.457 e. The molecule has 4 atom stereocenters. The molecular weight excluding hydrogens is 394 g/mol. The van der Waals surface area contributed by atoms with E-state index in [1.807, 2.05) is 6.92 Å². The van der Waals surface area contributed by atoms with Gasteiger partial charge in [0.05, 0.1) is 12.0 Å². The summed E-state index contributed by atoms with van der Waals surface area (Å²) in [5.74, 6) is 0.211. The number of hydrogen-bond acceptors (Lipinski definition) is 6. The smallest absolute Gasteiger partial charge is 0.400 e. The summed E-state index contributed by atoms with van der Waals surface area (Å²) < 4.78 is 10.8. The Kier molecular flexibility index (Phi) is 4.54. The predicted octanol–water partition coefficient (Wildman–Crippen LogP) is 5.22. The number of nitrogens with zero attached hydrogens (tertiary/aromatic N) is 1. The van der Waals surface area contributed by atoms with Crippen molar-refractivity contribution in [3.8, 4) is 0 Å². The molecule has 0 saturated heterocycles. The zero-order chi connectivity index (χ0) is 22.0. The largest absolute Gasteiger partial charge is 0.457 e. The molecule has 0 amide bonds. The van der Waals surface area contributed by atoms with Gasteiger partial charge in [0.2, 0.25) is 5.76 Å². The van der Waals surface area contributed by atoms with Crippen molar-refractivity contribution in [1.29, 1.82) is 0 Å². The number of carbonyl (C=O) groups excluding carboxylic acids is 2. The quantitative estimate of drug-likeness (QED) is 0.370. The Hall–Kier alpha value is -2.63. The first-order valence-electron chi connectivity index (χ1n) is 11.2. The standard InChI is InChI=1S/C25H29NO5/c1-14-16-12-15-7-8-20-24(2,3)21(26-31-23(28)18-6-5-11-29-18)9-10-25(20,4)17(15)13-19(16)30-22(14)27/h5-6,11-12,17,19-20H,7-10,13H2,1-4H3/b26-21+/t17-,19-,20-,25+/m1/s1. The lowest BCUT2D eigenvalue weighted by atomic mass is 9.45. The molecule has 6 nitrogen and oxygen atoms in total. The number of ether oxygens (including phenoxy) is 1. The average molecular weight is 424 g/mol. The molecule has 3 aliphatic carbocycles. The normalized spacial score (nSPS) is 35.1. The van der Waals surface area contributed by atoms with Gasteiger partial charge in [-0.3, -0.25) is 0 Å². The van der Waals surface area contributed by atoms with Crippen molar-refractivity contribution in [2.75, 3.05) is 0 Å². The predicted molar refractivity (Wildman–Crippen MR) is 114 cm³/mol. The monoisotopic (exact) mass is 423 g/mol. The van der Waals surface area contributed by atoms with E-state index < -0.39 is 5.97 Å².